The average Bonchev–Trinajstić information content (AvgIpc) is 1.48. The van der Waals surface area contributed by atoms with Crippen molar-refractivity contribution in [3.05, 3.63) is 189 Å². The number of rotatable bonds is 12. The van der Waals surface area contributed by atoms with E-state index >= 15 is 0 Å². The number of anilines is 2. The zero-order chi connectivity index (χ0) is 60.8. The first-order valence-corrected chi connectivity index (χ1v) is 26.4. The quantitative estimate of drug-likeness (QED) is 0.107. The highest BCUT2D eigenvalue weighted by molar-refractivity contribution is 5.99. The van der Waals surface area contributed by atoms with Gasteiger partial charge in [0.1, 0.15) is 93.5 Å². The molecule has 12 aromatic rings. The highest BCUT2D eigenvalue weighted by Crippen LogP contribution is 2.38. The predicted octanol–water partition coefficient (Wildman–Crippen LogP) is 10.7. The van der Waals surface area contributed by atoms with Crippen molar-refractivity contribution in [1.82, 2.24) is 68.2 Å². The topological polar surface area (TPSA) is 300 Å². The molecule has 10 heterocycles. The average molecular weight is 1190 g/mol. The van der Waals surface area contributed by atoms with Gasteiger partial charge in [-0.2, -0.15) is 20.7 Å². The smallest absolute Gasteiger partial charge is 0.266 e. The van der Waals surface area contributed by atoms with Crippen molar-refractivity contribution in [1.29, 1.82) is 10.5 Å². The van der Waals surface area contributed by atoms with E-state index in [0.29, 0.717) is 44.6 Å². The van der Waals surface area contributed by atoms with Crippen LogP contribution in [0.4, 0.5) is 29.2 Å². The zero-order valence-electron chi connectivity index (χ0n) is 46.3. The molecule has 2 atom stereocenters. The zero-order valence-corrected chi connectivity index (χ0v) is 46.3. The van der Waals surface area contributed by atoms with E-state index in [1.165, 1.54) is 95.1 Å². The highest BCUT2D eigenvalue weighted by Gasteiger charge is 2.30. The summed E-state index contributed by atoms with van der Waals surface area (Å²) in [5, 5.41) is 29.9. The second-order valence-corrected chi connectivity index (χ2v) is 20.1. The SMILES string of the molecule is C.C.CC(C)Oc1ncc(-c2nn([C@@H](C)c3nc4ccc(F)cn4c(=O)c3-c3cccc(F)c3)c3ncnc(N)c23)cc1C#N.CC(C)Oc1ncc(-c2nn([C@H](C)c3nc4ccc(F)cn4c(=O)c3-c3cccc(F)c3)c3ncnc(N)c23)cc1C#N. The molecule has 0 spiro atoms. The Labute approximate surface area is 498 Å². The lowest BCUT2D eigenvalue weighted by molar-refractivity contribution is 0.231. The third-order valence-corrected chi connectivity index (χ3v) is 13.6. The lowest BCUT2D eigenvalue weighted by Crippen LogP contribution is -2.23. The van der Waals surface area contributed by atoms with Crippen molar-refractivity contribution in [3.63, 3.8) is 0 Å². The van der Waals surface area contributed by atoms with Gasteiger partial charge < -0.3 is 20.9 Å². The molecule has 444 valence electrons. The van der Waals surface area contributed by atoms with E-state index in [0.717, 1.165) is 21.2 Å². The Morgan fingerprint density at radius 2 is 0.909 bits per heavy atom. The fourth-order valence-electron chi connectivity index (χ4n) is 9.82. The summed E-state index contributed by atoms with van der Waals surface area (Å²) in [5.41, 5.74) is 15.5. The Bertz CT molecular complexity index is 4610. The summed E-state index contributed by atoms with van der Waals surface area (Å²) in [5.74, 6) is -1.76. The number of nitrogens with two attached hydrogens (primary N) is 2. The summed E-state index contributed by atoms with van der Waals surface area (Å²) in [6.07, 6.45) is 7.25. The van der Waals surface area contributed by atoms with Gasteiger partial charge >= 0.3 is 0 Å². The predicted molar refractivity (Wildman–Crippen MR) is 322 cm³/mol. The van der Waals surface area contributed by atoms with Crippen LogP contribution in [-0.4, -0.2) is 80.4 Å². The number of aromatic nitrogens is 14. The molecule has 12 rings (SSSR count). The standard InChI is InChI=1S/2C30H23F2N9O2.2CH4/c2*1-15(2)43-29-18(11-33)9-19(12-35-29)26-24-27(34)36-14-37-28(24)41(39-26)16(3)25-23(17-5-4-6-20(31)10-17)30(42)40-13-21(32)7-8-22(40)38-25;;/h2*4-10,12-16H,1-3H3,(H2,34,36,37);2*1H4/t2*16-;;/m10../s1. The first-order valence-electron chi connectivity index (χ1n) is 26.4. The number of nitrogens with zero attached hydrogens (tertiary/aromatic N) is 16. The number of benzene rings is 2. The van der Waals surface area contributed by atoms with Gasteiger partial charge in [0.2, 0.25) is 11.8 Å². The van der Waals surface area contributed by atoms with E-state index in [-0.39, 0.29) is 107 Å². The van der Waals surface area contributed by atoms with E-state index in [1.54, 1.807) is 38.1 Å². The van der Waals surface area contributed by atoms with Gasteiger partial charge in [-0.3, -0.25) is 18.4 Å². The van der Waals surface area contributed by atoms with Gasteiger partial charge in [0, 0.05) is 35.9 Å². The molecule has 4 N–H and O–H groups in total. The number of nitrogen functional groups attached to an aromatic ring is 2. The van der Waals surface area contributed by atoms with Gasteiger partial charge in [0.15, 0.2) is 11.3 Å². The third-order valence-electron chi connectivity index (χ3n) is 13.6. The summed E-state index contributed by atoms with van der Waals surface area (Å²) < 4.78 is 73.5. The van der Waals surface area contributed by atoms with Crippen LogP contribution in [0.3, 0.4) is 0 Å². The van der Waals surface area contributed by atoms with Crippen molar-refractivity contribution in [2.75, 3.05) is 11.5 Å². The lowest BCUT2D eigenvalue weighted by atomic mass is 10.0. The maximum Gasteiger partial charge on any atom is 0.266 e. The molecule has 0 bridgehead atoms. The minimum absolute atomic E-state index is 0. The van der Waals surface area contributed by atoms with Gasteiger partial charge in [0.25, 0.3) is 11.1 Å². The molecule has 2 aromatic carbocycles. The molecule has 0 unspecified atom stereocenters. The number of hydrogen-bond donors (Lipinski definition) is 2. The Kier molecular flexibility index (Phi) is 17.0. The molecule has 0 fully saturated rings. The molecule has 22 nitrogen and oxygen atoms in total. The second kappa shape index (κ2) is 24.6. The molecular formula is C62H54F4N18O4. The van der Waals surface area contributed by atoms with Crippen LogP contribution in [0.2, 0.25) is 0 Å². The van der Waals surface area contributed by atoms with Crippen molar-refractivity contribution in [2.45, 2.75) is 80.7 Å². The van der Waals surface area contributed by atoms with E-state index in [4.69, 9.17) is 41.1 Å². The van der Waals surface area contributed by atoms with Crippen molar-refractivity contribution < 1.29 is 27.0 Å². The van der Waals surface area contributed by atoms with Crippen LogP contribution >= 0.6 is 0 Å². The van der Waals surface area contributed by atoms with Gasteiger partial charge in [-0.25, -0.2) is 66.8 Å². The molecule has 0 aliphatic heterocycles. The van der Waals surface area contributed by atoms with Crippen LogP contribution in [0.25, 0.3) is 78.1 Å². The molecule has 26 heteroatoms. The van der Waals surface area contributed by atoms with E-state index in [2.05, 4.69) is 42.0 Å². The molecule has 0 amide bonds. The Morgan fingerprint density at radius 3 is 1.27 bits per heavy atom. The normalized spacial score (nSPS) is 11.8. The Balaban J connectivity index is 0.000000205. The number of ether oxygens (including phenoxy) is 2. The van der Waals surface area contributed by atoms with Gasteiger partial charge in [0.05, 0.1) is 57.6 Å². The van der Waals surface area contributed by atoms with Gasteiger partial charge in [-0.05, 0) is 113 Å². The Hall–Kier alpha value is -11.5. The van der Waals surface area contributed by atoms with Crippen molar-refractivity contribution in [2.24, 2.45) is 0 Å². The monoisotopic (exact) mass is 1190 g/mol. The highest BCUT2D eigenvalue weighted by atomic mass is 19.1. The summed E-state index contributed by atoms with van der Waals surface area (Å²) in [6, 6.07) is 22.0. The molecule has 0 saturated carbocycles. The molecular weight excluding hydrogens is 1140 g/mol. The molecule has 0 aliphatic rings. The molecule has 0 saturated heterocycles. The summed E-state index contributed by atoms with van der Waals surface area (Å²) >= 11 is 0. The first-order chi connectivity index (χ1) is 41.3. The van der Waals surface area contributed by atoms with E-state index in [9.17, 15) is 37.7 Å². The van der Waals surface area contributed by atoms with Crippen LogP contribution in [0.5, 0.6) is 11.8 Å². The summed E-state index contributed by atoms with van der Waals surface area (Å²) in [4.78, 5) is 62.7. The second-order valence-electron chi connectivity index (χ2n) is 20.1. The third kappa shape index (κ3) is 11.3. The van der Waals surface area contributed by atoms with Gasteiger partial charge in [-0.1, -0.05) is 39.1 Å². The van der Waals surface area contributed by atoms with Crippen LogP contribution in [0.15, 0.2) is 132 Å². The van der Waals surface area contributed by atoms with Crippen LogP contribution < -0.4 is 32.1 Å². The summed E-state index contributed by atoms with van der Waals surface area (Å²) in [7, 11) is 0. The van der Waals surface area contributed by atoms with Crippen molar-refractivity contribution in [3.8, 4) is 68.7 Å². The van der Waals surface area contributed by atoms with Crippen LogP contribution in [-0.2, 0) is 0 Å². The minimum atomic E-state index is -0.765. The number of hydrogen-bond acceptors (Lipinski definition) is 18. The number of pyridine rings is 4. The number of halogens is 4. The maximum absolute atomic E-state index is 14.3. The van der Waals surface area contributed by atoms with Crippen LogP contribution in [0.1, 0.15) is 91.0 Å². The Morgan fingerprint density at radius 1 is 0.511 bits per heavy atom. The lowest BCUT2D eigenvalue weighted by Gasteiger charge is -2.18. The number of nitriles is 2. The van der Waals surface area contributed by atoms with E-state index < -0.39 is 46.5 Å². The van der Waals surface area contributed by atoms with Crippen LogP contribution in [0, 0.1) is 45.9 Å². The van der Waals surface area contributed by atoms with Crippen molar-refractivity contribution >= 4 is 45.0 Å². The first kappa shape index (κ1) is 61.0. The minimum Gasteiger partial charge on any atom is -0.474 e. The molecule has 0 radical (unpaired) electrons. The maximum atomic E-state index is 14.3. The number of fused-ring (bicyclic) bond motifs is 4. The fraction of sp³-hybridized carbons (Fsp3) is 0.194. The summed E-state index contributed by atoms with van der Waals surface area (Å²) in [6.45, 7) is 10.8. The fourth-order valence-corrected chi connectivity index (χ4v) is 9.82. The van der Waals surface area contributed by atoms with Gasteiger partial charge in [-0.15, -0.1) is 0 Å². The molecule has 10 aromatic heterocycles. The molecule has 0 aliphatic carbocycles. The largest absolute Gasteiger partial charge is 0.474 e. The van der Waals surface area contributed by atoms with E-state index in [1.807, 2.05) is 27.7 Å². The molecule has 88 heavy (non-hydrogen) atoms.